The number of halogens is 2. The summed E-state index contributed by atoms with van der Waals surface area (Å²) in [5, 5.41) is 13.3. The Morgan fingerprint density at radius 1 is 1.23 bits per heavy atom. The van der Waals surface area contributed by atoms with E-state index in [1.807, 2.05) is 11.0 Å². The molecule has 2 aliphatic rings. The van der Waals surface area contributed by atoms with E-state index in [2.05, 4.69) is 5.10 Å². The van der Waals surface area contributed by atoms with Gasteiger partial charge in [-0.3, -0.25) is 24.0 Å². The molecule has 7 nitrogen and oxygen atoms in total. The fourth-order valence-corrected chi connectivity index (χ4v) is 5.29. The lowest BCUT2D eigenvalue weighted by atomic mass is 9.93. The molecule has 1 aromatic carbocycles. The SMILES string of the molecule is CC(=O)S[C@@H]1CCN(C(C(=O)C2CC2)c2ccccc2F)C/C1=C\c1ccn(CCC(=O)O)n1.Cl. The molecular weight excluding hydrogens is 493 g/mol. The highest BCUT2D eigenvalue weighted by Crippen LogP contribution is 2.40. The Bertz CT molecular complexity index is 1120. The zero-order chi connectivity index (χ0) is 24.2. The van der Waals surface area contributed by atoms with E-state index in [-0.39, 0.29) is 53.3 Å². The van der Waals surface area contributed by atoms with E-state index in [1.165, 1.54) is 24.8 Å². The molecule has 35 heavy (non-hydrogen) atoms. The van der Waals surface area contributed by atoms with Crippen LogP contribution in [0, 0.1) is 11.7 Å². The molecule has 0 bridgehead atoms. The molecule has 1 saturated heterocycles. The normalized spacial score (nSPS) is 20.3. The number of ketones is 1. The number of Topliss-reactive ketones (excluding diaryl/α,β-unsaturated/α-hetero) is 1. The van der Waals surface area contributed by atoms with E-state index < -0.39 is 12.0 Å². The second kappa shape index (κ2) is 12.0. The fraction of sp³-hybridized carbons (Fsp3) is 0.440. The number of carboxylic acids is 1. The van der Waals surface area contributed by atoms with Crippen molar-refractivity contribution in [1.29, 1.82) is 0 Å². The van der Waals surface area contributed by atoms with Crippen LogP contribution < -0.4 is 0 Å². The first-order valence-corrected chi connectivity index (χ1v) is 12.3. The van der Waals surface area contributed by atoms with Gasteiger partial charge in [-0.1, -0.05) is 30.0 Å². The number of carbonyl (C=O) groups excluding carboxylic acids is 2. The van der Waals surface area contributed by atoms with Gasteiger partial charge in [-0.15, -0.1) is 12.4 Å². The number of carboxylic acid groups (broad SMARTS) is 1. The van der Waals surface area contributed by atoms with E-state index in [1.54, 1.807) is 35.1 Å². The first kappa shape index (κ1) is 27.1. The molecule has 188 valence electrons. The second-order valence-corrected chi connectivity index (χ2v) is 10.2. The molecule has 1 unspecified atom stereocenters. The number of thioether (sulfide) groups is 1. The van der Waals surface area contributed by atoms with Crippen molar-refractivity contribution in [3.05, 3.63) is 59.2 Å². The molecule has 1 aliphatic heterocycles. The molecule has 0 radical (unpaired) electrons. The van der Waals surface area contributed by atoms with Gasteiger partial charge in [0.25, 0.3) is 0 Å². The van der Waals surface area contributed by atoms with Crippen LogP contribution in [-0.4, -0.2) is 55.0 Å². The van der Waals surface area contributed by atoms with Crippen molar-refractivity contribution in [3.63, 3.8) is 0 Å². The number of piperidine rings is 1. The van der Waals surface area contributed by atoms with Gasteiger partial charge in [0.2, 0.25) is 0 Å². The number of hydrogen-bond acceptors (Lipinski definition) is 6. The first-order valence-electron chi connectivity index (χ1n) is 11.5. The van der Waals surface area contributed by atoms with Crippen molar-refractivity contribution in [1.82, 2.24) is 14.7 Å². The third kappa shape index (κ3) is 7.02. The van der Waals surface area contributed by atoms with Gasteiger partial charge in [-0.25, -0.2) is 4.39 Å². The molecule has 2 fully saturated rings. The third-order valence-corrected chi connectivity index (χ3v) is 7.30. The Labute approximate surface area is 214 Å². The number of benzene rings is 1. The van der Waals surface area contributed by atoms with Gasteiger partial charge in [0, 0.05) is 42.9 Å². The number of aryl methyl sites for hydroxylation is 1. The lowest BCUT2D eigenvalue weighted by molar-refractivity contribution is -0.137. The van der Waals surface area contributed by atoms with Gasteiger partial charge < -0.3 is 5.11 Å². The maximum atomic E-state index is 14.8. The van der Waals surface area contributed by atoms with Gasteiger partial charge in [0.05, 0.1) is 24.7 Å². The smallest absolute Gasteiger partial charge is 0.305 e. The molecule has 4 rings (SSSR count). The van der Waals surface area contributed by atoms with Crippen LogP contribution in [0.15, 0.2) is 42.1 Å². The number of aromatic nitrogens is 2. The minimum atomic E-state index is -0.893. The zero-order valence-corrected chi connectivity index (χ0v) is 21.1. The Balaban J connectivity index is 0.00000342. The third-order valence-electron chi connectivity index (χ3n) is 6.15. The molecule has 1 aliphatic carbocycles. The molecule has 1 N–H and O–H groups in total. The highest BCUT2D eigenvalue weighted by atomic mass is 35.5. The lowest BCUT2D eigenvalue weighted by Gasteiger charge is -2.38. The average molecular weight is 522 g/mol. The quantitative estimate of drug-likeness (QED) is 0.523. The van der Waals surface area contributed by atoms with Crippen molar-refractivity contribution < 1.29 is 23.9 Å². The zero-order valence-electron chi connectivity index (χ0n) is 19.4. The van der Waals surface area contributed by atoms with E-state index in [4.69, 9.17) is 5.11 Å². The van der Waals surface area contributed by atoms with Crippen LogP contribution in [0.4, 0.5) is 4.39 Å². The second-order valence-electron chi connectivity index (χ2n) is 8.82. The van der Waals surface area contributed by atoms with Crippen LogP contribution in [0.5, 0.6) is 0 Å². The highest BCUT2D eigenvalue weighted by Gasteiger charge is 2.41. The molecule has 1 aromatic heterocycles. The summed E-state index contributed by atoms with van der Waals surface area (Å²) in [5.74, 6) is -1.24. The topological polar surface area (TPSA) is 92.5 Å². The van der Waals surface area contributed by atoms with Crippen molar-refractivity contribution >= 4 is 47.1 Å². The highest BCUT2D eigenvalue weighted by molar-refractivity contribution is 8.14. The summed E-state index contributed by atoms with van der Waals surface area (Å²) < 4.78 is 16.3. The van der Waals surface area contributed by atoms with E-state index in [0.717, 1.165) is 18.4 Å². The van der Waals surface area contributed by atoms with Crippen LogP contribution in [0.2, 0.25) is 0 Å². The number of hydrogen-bond donors (Lipinski definition) is 1. The molecule has 10 heteroatoms. The van der Waals surface area contributed by atoms with Gasteiger partial charge >= 0.3 is 5.97 Å². The number of likely N-dealkylation sites (tertiary alicyclic amines) is 1. The van der Waals surface area contributed by atoms with Gasteiger partial charge in [0.1, 0.15) is 5.82 Å². The summed E-state index contributed by atoms with van der Waals surface area (Å²) >= 11 is 1.26. The minimum absolute atomic E-state index is 0. The predicted octanol–water partition coefficient (Wildman–Crippen LogP) is 4.38. The molecule has 2 aromatic rings. The summed E-state index contributed by atoms with van der Waals surface area (Å²) in [4.78, 5) is 38.0. The summed E-state index contributed by atoms with van der Waals surface area (Å²) in [7, 11) is 0. The Morgan fingerprint density at radius 2 is 1.97 bits per heavy atom. The summed E-state index contributed by atoms with van der Waals surface area (Å²) in [6.45, 7) is 2.80. The minimum Gasteiger partial charge on any atom is -0.481 e. The fourth-order valence-electron chi connectivity index (χ4n) is 4.37. The number of carbonyl (C=O) groups is 3. The van der Waals surface area contributed by atoms with E-state index in [9.17, 15) is 18.8 Å². The standard InChI is InChI=1S/C25H28FN3O4S.ClH/c1-16(30)34-22-9-11-28(15-18(22)14-19-8-12-29(27-19)13-10-23(31)32)24(25(33)17-6-7-17)20-4-2-3-5-21(20)26;/h2-5,8,12,14,17,22,24H,6-7,9-11,13,15H2,1H3,(H,31,32);1H/b18-14+;/t22-,24?;/m1./s1. The van der Waals surface area contributed by atoms with E-state index in [0.29, 0.717) is 30.8 Å². The van der Waals surface area contributed by atoms with Crippen molar-refractivity contribution in [3.8, 4) is 0 Å². The Hall–Kier alpha value is -2.49. The van der Waals surface area contributed by atoms with Gasteiger partial charge in [0.15, 0.2) is 10.9 Å². The molecule has 2 heterocycles. The van der Waals surface area contributed by atoms with Crippen molar-refractivity contribution in [2.24, 2.45) is 5.92 Å². The maximum absolute atomic E-state index is 14.8. The predicted molar refractivity (Wildman–Crippen MR) is 135 cm³/mol. The van der Waals surface area contributed by atoms with E-state index >= 15 is 0 Å². The van der Waals surface area contributed by atoms with Crippen LogP contribution >= 0.6 is 24.2 Å². The van der Waals surface area contributed by atoms with Crippen LogP contribution in [0.3, 0.4) is 0 Å². The summed E-state index contributed by atoms with van der Waals surface area (Å²) in [6, 6.07) is 7.59. The molecular formula is C25H29ClFN3O4S. The molecule has 0 spiro atoms. The molecule has 1 saturated carbocycles. The first-order chi connectivity index (χ1) is 16.3. The van der Waals surface area contributed by atoms with Crippen LogP contribution in [0.25, 0.3) is 6.08 Å². The number of aliphatic carboxylic acids is 1. The summed E-state index contributed by atoms with van der Waals surface area (Å²) in [5.41, 5.74) is 2.00. The van der Waals surface area contributed by atoms with Crippen molar-refractivity contribution in [2.75, 3.05) is 13.1 Å². The summed E-state index contributed by atoms with van der Waals surface area (Å²) in [6.07, 6.45) is 5.94. The van der Waals surface area contributed by atoms with Crippen LogP contribution in [0.1, 0.15) is 49.9 Å². The largest absolute Gasteiger partial charge is 0.481 e. The Morgan fingerprint density at radius 3 is 2.63 bits per heavy atom. The molecule has 2 atom stereocenters. The monoisotopic (exact) mass is 521 g/mol. The molecule has 0 amide bonds. The number of nitrogens with zero attached hydrogens (tertiary/aromatic N) is 3. The average Bonchev–Trinajstić information content (AvgIpc) is 3.55. The van der Waals surface area contributed by atoms with Crippen molar-refractivity contribution in [2.45, 2.75) is 50.4 Å². The maximum Gasteiger partial charge on any atom is 0.305 e. The lowest BCUT2D eigenvalue weighted by Crippen LogP contribution is -2.43. The Kier molecular flexibility index (Phi) is 9.27. The van der Waals surface area contributed by atoms with Gasteiger partial charge in [-0.2, -0.15) is 5.10 Å². The number of rotatable bonds is 9. The van der Waals surface area contributed by atoms with Crippen LogP contribution in [-0.2, 0) is 20.9 Å². The van der Waals surface area contributed by atoms with Gasteiger partial charge in [-0.05, 0) is 43.0 Å².